The van der Waals surface area contributed by atoms with E-state index in [0.717, 1.165) is 13.1 Å². The van der Waals surface area contributed by atoms with Crippen LogP contribution in [0.5, 0.6) is 0 Å². The van der Waals surface area contributed by atoms with Gasteiger partial charge in [-0.1, -0.05) is 32.0 Å². The number of rotatable bonds is 1. The van der Waals surface area contributed by atoms with Gasteiger partial charge in [-0.05, 0) is 48.5 Å². The number of nitrogens with one attached hydrogen (secondary N) is 1. The van der Waals surface area contributed by atoms with Gasteiger partial charge in [0.05, 0.1) is 0 Å². The van der Waals surface area contributed by atoms with Crippen LogP contribution in [0.1, 0.15) is 36.5 Å². The van der Waals surface area contributed by atoms with Crippen molar-refractivity contribution in [1.82, 2.24) is 5.32 Å². The van der Waals surface area contributed by atoms with Crippen LogP contribution in [0.15, 0.2) is 18.2 Å². The smallest absolute Gasteiger partial charge is 0.000812 e. The molecular formula is C13H19N. The van der Waals surface area contributed by atoms with E-state index < -0.39 is 0 Å². The Morgan fingerprint density at radius 2 is 1.79 bits per heavy atom. The van der Waals surface area contributed by atoms with Gasteiger partial charge in [0, 0.05) is 0 Å². The third-order valence-electron chi connectivity index (χ3n) is 3.04. The van der Waals surface area contributed by atoms with Crippen LogP contribution in [-0.4, -0.2) is 13.1 Å². The molecule has 0 saturated heterocycles. The van der Waals surface area contributed by atoms with E-state index in [1.54, 1.807) is 11.1 Å². The standard InChI is InChI=1S/C13H19N/c1-10(2)12-4-3-11-5-7-14-8-6-13(11)9-12/h3-4,9-10,14H,5-8H2,1-2H3. The second kappa shape index (κ2) is 4.14. The Kier molecular flexibility index (Phi) is 2.87. The van der Waals surface area contributed by atoms with Crippen molar-refractivity contribution >= 4 is 0 Å². The highest BCUT2D eigenvalue weighted by Gasteiger charge is 2.08. The van der Waals surface area contributed by atoms with E-state index >= 15 is 0 Å². The minimum atomic E-state index is 0.650. The van der Waals surface area contributed by atoms with Gasteiger partial charge in [-0.25, -0.2) is 0 Å². The minimum Gasteiger partial charge on any atom is -0.316 e. The molecule has 14 heavy (non-hydrogen) atoms. The van der Waals surface area contributed by atoms with Gasteiger partial charge < -0.3 is 5.32 Å². The predicted molar refractivity (Wildman–Crippen MR) is 60.8 cm³/mol. The SMILES string of the molecule is CC(C)c1ccc2c(c1)CCNCC2. The summed E-state index contributed by atoms with van der Waals surface area (Å²) in [4.78, 5) is 0. The van der Waals surface area contributed by atoms with E-state index in [-0.39, 0.29) is 0 Å². The van der Waals surface area contributed by atoms with Crippen molar-refractivity contribution in [3.63, 3.8) is 0 Å². The summed E-state index contributed by atoms with van der Waals surface area (Å²) in [5.41, 5.74) is 4.58. The molecule has 1 nitrogen and oxygen atoms in total. The highest BCUT2D eigenvalue weighted by Crippen LogP contribution is 2.20. The molecule has 0 spiro atoms. The topological polar surface area (TPSA) is 12.0 Å². The van der Waals surface area contributed by atoms with Gasteiger partial charge >= 0.3 is 0 Å². The van der Waals surface area contributed by atoms with Gasteiger partial charge in [0.25, 0.3) is 0 Å². The molecule has 1 aromatic carbocycles. The zero-order valence-corrected chi connectivity index (χ0v) is 9.14. The molecule has 0 bridgehead atoms. The average molecular weight is 189 g/mol. The maximum atomic E-state index is 3.44. The third-order valence-corrected chi connectivity index (χ3v) is 3.04. The summed E-state index contributed by atoms with van der Waals surface area (Å²) in [5.74, 6) is 0.650. The normalized spacial score (nSPS) is 16.5. The first-order chi connectivity index (χ1) is 6.77. The first-order valence-corrected chi connectivity index (χ1v) is 5.60. The Hall–Kier alpha value is -0.820. The molecule has 1 heterocycles. The lowest BCUT2D eigenvalue weighted by molar-refractivity contribution is 0.711. The van der Waals surface area contributed by atoms with Gasteiger partial charge in [0.15, 0.2) is 0 Å². The number of hydrogen-bond acceptors (Lipinski definition) is 1. The van der Waals surface area contributed by atoms with Crippen LogP contribution >= 0.6 is 0 Å². The summed E-state index contributed by atoms with van der Waals surface area (Å²) in [6, 6.07) is 7.00. The van der Waals surface area contributed by atoms with Crippen LogP contribution in [-0.2, 0) is 12.8 Å². The van der Waals surface area contributed by atoms with E-state index in [9.17, 15) is 0 Å². The average Bonchev–Trinajstić information content (AvgIpc) is 2.41. The highest BCUT2D eigenvalue weighted by atomic mass is 14.8. The lowest BCUT2D eigenvalue weighted by Crippen LogP contribution is -2.16. The molecule has 0 amide bonds. The third kappa shape index (κ3) is 1.98. The molecule has 1 heteroatoms. The largest absolute Gasteiger partial charge is 0.316 e. The number of hydrogen-bond donors (Lipinski definition) is 1. The van der Waals surface area contributed by atoms with E-state index in [0.29, 0.717) is 5.92 Å². The summed E-state index contributed by atoms with van der Waals surface area (Å²) in [7, 11) is 0. The Morgan fingerprint density at radius 1 is 1.07 bits per heavy atom. The van der Waals surface area contributed by atoms with Crippen LogP contribution in [0.4, 0.5) is 0 Å². The fraction of sp³-hybridized carbons (Fsp3) is 0.538. The molecule has 0 aromatic heterocycles. The molecule has 0 aliphatic carbocycles. The van der Waals surface area contributed by atoms with Crippen molar-refractivity contribution in [3.8, 4) is 0 Å². The van der Waals surface area contributed by atoms with E-state index in [2.05, 4.69) is 37.4 Å². The fourth-order valence-electron chi connectivity index (χ4n) is 2.05. The fourth-order valence-corrected chi connectivity index (χ4v) is 2.05. The van der Waals surface area contributed by atoms with Gasteiger partial charge in [0.2, 0.25) is 0 Å². The monoisotopic (exact) mass is 189 g/mol. The Labute approximate surface area is 86.5 Å². The van der Waals surface area contributed by atoms with E-state index in [4.69, 9.17) is 0 Å². The molecule has 1 N–H and O–H groups in total. The quantitative estimate of drug-likeness (QED) is 0.715. The summed E-state index contributed by atoms with van der Waals surface area (Å²) in [6.45, 7) is 6.79. The molecule has 76 valence electrons. The van der Waals surface area contributed by atoms with Gasteiger partial charge in [-0.2, -0.15) is 0 Å². The highest BCUT2D eigenvalue weighted by molar-refractivity contribution is 5.34. The van der Waals surface area contributed by atoms with Crippen LogP contribution in [0.25, 0.3) is 0 Å². The Morgan fingerprint density at radius 3 is 2.50 bits per heavy atom. The molecule has 1 aromatic rings. The zero-order valence-electron chi connectivity index (χ0n) is 9.14. The molecular weight excluding hydrogens is 170 g/mol. The Balaban J connectivity index is 2.32. The number of benzene rings is 1. The minimum absolute atomic E-state index is 0.650. The van der Waals surface area contributed by atoms with Crippen molar-refractivity contribution in [2.45, 2.75) is 32.6 Å². The van der Waals surface area contributed by atoms with Crippen LogP contribution in [0.2, 0.25) is 0 Å². The zero-order chi connectivity index (χ0) is 9.97. The molecule has 0 atom stereocenters. The maximum absolute atomic E-state index is 3.44. The van der Waals surface area contributed by atoms with Gasteiger partial charge in [-0.15, -0.1) is 0 Å². The van der Waals surface area contributed by atoms with Crippen molar-refractivity contribution in [1.29, 1.82) is 0 Å². The molecule has 0 radical (unpaired) electrons. The van der Waals surface area contributed by atoms with Crippen LogP contribution in [0, 0.1) is 0 Å². The lowest BCUT2D eigenvalue weighted by atomic mass is 9.95. The first-order valence-electron chi connectivity index (χ1n) is 5.60. The first kappa shape index (κ1) is 9.72. The summed E-state index contributed by atoms with van der Waals surface area (Å²) >= 11 is 0. The van der Waals surface area contributed by atoms with Crippen molar-refractivity contribution < 1.29 is 0 Å². The molecule has 1 aliphatic heterocycles. The summed E-state index contributed by atoms with van der Waals surface area (Å²) < 4.78 is 0. The molecule has 0 saturated carbocycles. The van der Waals surface area contributed by atoms with Crippen LogP contribution < -0.4 is 5.32 Å². The molecule has 0 unspecified atom stereocenters. The number of fused-ring (bicyclic) bond motifs is 1. The summed E-state index contributed by atoms with van der Waals surface area (Å²) in [5, 5.41) is 3.44. The van der Waals surface area contributed by atoms with Crippen molar-refractivity contribution in [3.05, 3.63) is 34.9 Å². The second-order valence-corrected chi connectivity index (χ2v) is 4.43. The predicted octanol–water partition coefficient (Wildman–Crippen LogP) is 2.50. The molecule has 2 rings (SSSR count). The Bertz CT molecular complexity index is 315. The lowest BCUT2D eigenvalue weighted by Gasteiger charge is -2.10. The molecule has 1 aliphatic rings. The van der Waals surface area contributed by atoms with Crippen molar-refractivity contribution in [2.75, 3.05) is 13.1 Å². The van der Waals surface area contributed by atoms with Gasteiger partial charge in [0.1, 0.15) is 0 Å². The second-order valence-electron chi connectivity index (χ2n) is 4.43. The summed E-state index contributed by atoms with van der Waals surface area (Å²) in [6.07, 6.45) is 2.38. The molecule has 0 fully saturated rings. The maximum Gasteiger partial charge on any atom is -0.000812 e. The van der Waals surface area contributed by atoms with Crippen molar-refractivity contribution in [2.24, 2.45) is 0 Å². The van der Waals surface area contributed by atoms with E-state index in [1.807, 2.05) is 0 Å². The van der Waals surface area contributed by atoms with Crippen LogP contribution in [0.3, 0.4) is 0 Å². The van der Waals surface area contributed by atoms with Gasteiger partial charge in [-0.3, -0.25) is 0 Å². The van der Waals surface area contributed by atoms with E-state index in [1.165, 1.54) is 18.4 Å².